The Hall–Kier alpha value is -1.62. The highest BCUT2D eigenvalue weighted by atomic mass is 16.5. The maximum absolute atomic E-state index is 9.79. The fraction of sp³-hybridized carbons (Fsp3) is 0.375. The van der Waals surface area contributed by atoms with E-state index < -0.39 is 6.10 Å². The minimum Gasteiger partial charge on any atom is -0.467 e. The monoisotopic (exact) mass is 275 g/mol. The highest BCUT2D eigenvalue weighted by Gasteiger charge is 2.05. The Kier molecular flexibility index (Phi) is 5.80. The smallest absolute Gasteiger partial charge is 0.129 e. The summed E-state index contributed by atoms with van der Waals surface area (Å²) in [5.41, 5.74) is 2.46. The molecule has 4 heteroatoms. The lowest BCUT2D eigenvalue weighted by molar-refractivity contribution is 0.0226. The highest BCUT2D eigenvalue weighted by Crippen LogP contribution is 2.04. The molecule has 0 bridgehead atoms. The molecule has 1 atom stereocenters. The van der Waals surface area contributed by atoms with Gasteiger partial charge in [0, 0.05) is 13.1 Å². The third-order valence-corrected chi connectivity index (χ3v) is 2.93. The van der Waals surface area contributed by atoms with Gasteiger partial charge in [-0.3, -0.25) is 0 Å². The van der Waals surface area contributed by atoms with Gasteiger partial charge in [-0.05, 0) is 24.6 Å². The lowest BCUT2D eigenvalue weighted by atomic mass is 10.1. The SMILES string of the molecule is Cc1cccc(CNCC(O)COCc2ccco2)c1. The molecule has 108 valence electrons. The molecule has 0 radical (unpaired) electrons. The van der Waals surface area contributed by atoms with E-state index in [4.69, 9.17) is 9.15 Å². The normalized spacial score (nSPS) is 12.5. The van der Waals surface area contributed by atoms with E-state index in [-0.39, 0.29) is 0 Å². The maximum Gasteiger partial charge on any atom is 0.129 e. The van der Waals surface area contributed by atoms with E-state index >= 15 is 0 Å². The third-order valence-electron chi connectivity index (χ3n) is 2.93. The summed E-state index contributed by atoms with van der Waals surface area (Å²) >= 11 is 0. The molecule has 0 aliphatic rings. The molecule has 0 amide bonds. The first-order valence-electron chi connectivity index (χ1n) is 6.78. The Bertz CT molecular complexity index is 496. The zero-order valence-electron chi connectivity index (χ0n) is 11.7. The molecule has 0 spiro atoms. The van der Waals surface area contributed by atoms with Crippen molar-refractivity contribution in [2.45, 2.75) is 26.2 Å². The van der Waals surface area contributed by atoms with Gasteiger partial charge in [0.15, 0.2) is 0 Å². The Labute approximate surface area is 119 Å². The predicted molar refractivity (Wildman–Crippen MR) is 77.3 cm³/mol. The fourth-order valence-electron chi connectivity index (χ4n) is 1.95. The van der Waals surface area contributed by atoms with Gasteiger partial charge in [0.25, 0.3) is 0 Å². The fourth-order valence-corrected chi connectivity index (χ4v) is 1.95. The second-order valence-corrected chi connectivity index (χ2v) is 4.87. The lowest BCUT2D eigenvalue weighted by Gasteiger charge is -2.12. The Balaban J connectivity index is 1.59. The van der Waals surface area contributed by atoms with Crippen molar-refractivity contribution < 1.29 is 14.3 Å². The molecule has 20 heavy (non-hydrogen) atoms. The van der Waals surface area contributed by atoms with Gasteiger partial charge in [-0.1, -0.05) is 29.8 Å². The van der Waals surface area contributed by atoms with Crippen molar-refractivity contribution in [2.75, 3.05) is 13.2 Å². The quantitative estimate of drug-likeness (QED) is 0.776. The molecule has 1 unspecified atom stereocenters. The van der Waals surface area contributed by atoms with Crippen molar-refractivity contribution in [3.63, 3.8) is 0 Å². The summed E-state index contributed by atoms with van der Waals surface area (Å²) in [4.78, 5) is 0. The Morgan fingerprint density at radius 2 is 2.20 bits per heavy atom. The minimum absolute atomic E-state index is 0.293. The minimum atomic E-state index is -0.519. The van der Waals surface area contributed by atoms with Crippen molar-refractivity contribution in [2.24, 2.45) is 0 Å². The summed E-state index contributed by atoms with van der Waals surface area (Å²) in [7, 11) is 0. The topological polar surface area (TPSA) is 54.6 Å². The van der Waals surface area contributed by atoms with Crippen LogP contribution < -0.4 is 5.32 Å². The van der Waals surface area contributed by atoms with Gasteiger partial charge in [0.2, 0.25) is 0 Å². The third kappa shape index (κ3) is 5.17. The van der Waals surface area contributed by atoms with Crippen molar-refractivity contribution in [3.05, 3.63) is 59.5 Å². The van der Waals surface area contributed by atoms with Crippen LogP contribution in [0.25, 0.3) is 0 Å². The van der Waals surface area contributed by atoms with Crippen molar-refractivity contribution in [1.82, 2.24) is 5.32 Å². The molecular weight excluding hydrogens is 254 g/mol. The number of hydrogen-bond donors (Lipinski definition) is 2. The summed E-state index contributed by atoms with van der Waals surface area (Å²) in [6.45, 7) is 4.01. The van der Waals surface area contributed by atoms with Crippen LogP contribution in [0, 0.1) is 6.92 Å². The maximum atomic E-state index is 9.79. The summed E-state index contributed by atoms with van der Waals surface area (Å²) in [5, 5.41) is 13.0. The molecule has 1 aromatic heterocycles. The van der Waals surface area contributed by atoms with Gasteiger partial charge in [-0.25, -0.2) is 0 Å². The van der Waals surface area contributed by atoms with E-state index in [2.05, 4.69) is 30.4 Å². The van der Waals surface area contributed by atoms with Crippen LogP contribution in [-0.4, -0.2) is 24.4 Å². The molecule has 2 rings (SSSR count). The van der Waals surface area contributed by atoms with Gasteiger partial charge < -0.3 is 19.6 Å². The van der Waals surface area contributed by atoms with Crippen molar-refractivity contribution in [3.8, 4) is 0 Å². The van der Waals surface area contributed by atoms with E-state index in [1.807, 2.05) is 18.2 Å². The van der Waals surface area contributed by atoms with Crippen LogP contribution in [0.2, 0.25) is 0 Å². The van der Waals surface area contributed by atoms with Crippen LogP contribution >= 0.6 is 0 Å². The molecule has 0 saturated heterocycles. The number of rotatable bonds is 8. The molecular formula is C16H21NO3. The summed E-state index contributed by atoms with van der Waals surface area (Å²) < 4.78 is 10.5. The van der Waals surface area contributed by atoms with Gasteiger partial charge in [-0.15, -0.1) is 0 Å². The first-order chi connectivity index (χ1) is 9.74. The first kappa shape index (κ1) is 14.8. The van der Waals surface area contributed by atoms with E-state index in [9.17, 15) is 5.11 Å². The van der Waals surface area contributed by atoms with E-state index in [1.165, 1.54) is 11.1 Å². The molecule has 1 heterocycles. The van der Waals surface area contributed by atoms with Gasteiger partial charge in [0.1, 0.15) is 12.4 Å². The predicted octanol–water partition coefficient (Wildman–Crippen LogP) is 2.26. The van der Waals surface area contributed by atoms with Crippen LogP contribution in [0.1, 0.15) is 16.9 Å². The molecule has 0 aliphatic heterocycles. The van der Waals surface area contributed by atoms with Crippen LogP contribution in [0.5, 0.6) is 0 Å². The van der Waals surface area contributed by atoms with Crippen LogP contribution in [-0.2, 0) is 17.9 Å². The van der Waals surface area contributed by atoms with Crippen LogP contribution in [0.3, 0.4) is 0 Å². The Morgan fingerprint density at radius 1 is 1.30 bits per heavy atom. The summed E-state index contributed by atoms with van der Waals surface area (Å²) in [5.74, 6) is 0.768. The van der Waals surface area contributed by atoms with Crippen LogP contribution in [0.4, 0.5) is 0 Å². The molecule has 0 saturated carbocycles. The highest BCUT2D eigenvalue weighted by molar-refractivity contribution is 5.21. The molecule has 2 N–H and O–H groups in total. The number of furan rings is 1. The van der Waals surface area contributed by atoms with E-state index in [1.54, 1.807) is 6.26 Å². The average molecular weight is 275 g/mol. The number of nitrogens with one attached hydrogen (secondary N) is 1. The van der Waals surface area contributed by atoms with Crippen molar-refractivity contribution in [1.29, 1.82) is 0 Å². The number of aliphatic hydroxyl groups is 1. The number of ether oxygens (including phenoxy) is 1. The largest absolute Gasteiger partial charge is 0.467 e. The number of benzene rings is 1. The molecule has 2 aromatic rings. The van der Waals surface area contributed by atoms with Crippen LogP contribution in [0.15, 0.2) is 47.1 Å². The molecule has 1 aromatic carbocycles. The summed E-state index contributed by atoms with van der Waals surface area (Å²) in [6.07, 6.45) is 1.09. The zero-order chi connectivity index (χ0) is 14.2. The first-order valence-corrected chi connectivity index (χ1v) is 6.78. The molecule has 0 fully saturated rings. The second kappa shape index (κ2) is 7.85. The van der Waals surface area contributed by atoms with E-state index in [0.717, 1.165) is 12.3 Å². The van der Waals surface area contributed by atoms with Crippen molar-refractivity contribution >= 4 is 0 Å². The van der Waals surface area contributed by atoms with Gasteiger partial charge in [-0.2, -0.15) is 0 Å². The molecule has 0 aliphatic carbocycles. The van der Waals surface area contributed by atoms with E-state index in [0.29, 0.717) is 19.8 Å². The number of hydrogen-bond acceptors (Lipinski definition) is 4. The zero-order valence-corrected chi connectivity index (χ0v) is 11.7. The number of aliphatic hydroxyl groups excluding tert-OH is 1. The number of aryl methyl sites for hydroxylation is 1. The second-order valence-electron chi connectivity index (χ2n) is 4.87. The molecule has 4 nitrogen and oxygen atoms in total. The standard InChI is InChI=1S/C16H21NO3/c1-13-4-2-5-14(8-13)9-17-10-15(18)11-19-12-16-6-3-7-20-16/h2-8,15,17-18H,9-12H2,1H3. The van der Waals surface area contributed by atoms with Gasteiger partial charge >= 0.3 is 0 Å². The lowest BCUT2D eigenvalue weighted by Crippen LogP contribution is -2.30. The van der Waals surface area contributed by atoms with Gasteiger partial charge in [0.05, 0.1) is 19.0 Å². The Morgan fingerprint density at radius 3 is 2.95 bits per heavy atom. The summed E-state index contributed by atoms with van der Waals surface area (Å²) in [6, 6.07) is 12.0. The average Bonchev–Trinajstić information content (AvgIpc) is 2.92.